The molecule has 1 aliphatic rings. The molecule has 1 atom stereocenters. The van der Waals surface area contributed by atoms with E-state index in [-0.39, 0.29) is 35.5 Å². The number of hydrogen-bond acceptors (Lipinski definition) is 4. The molecule has 29 heavy (non-hydrogen) atoms. The molecule has 1 aromatic heterocycles. The molecule has 0 bridgehead atoms. The molecule has 2 heterocycles. The van der Waals surface area contributed by atoms with Gasteiger partial charge in [-0.05, 0) is 29.7 Å². The molecular formula is C19H26F2IN5O2. The van der Waals surface area contributed by atoms with Crippen molar-refractivity contribution in [2.24, 2.45) is 12.0 Å². The summed E-state index contributed by atoms with van der Waals surface area (Å²) >= 11 is 0. The minimum Gasteiger partial charge on any atom is -0.493 e. The van der Waals surface area contributed by atoms with Gasteiger partial charge < -0.3 is 19.7 Å². The maximum atomic E-state index is 12.6. The number of aromatic nitrogens is 2. The van der Waals surface area contributed by atoms with E-state index in [1.165, 1.54) is 12.7 Å². The first-order valence-corrected chi connectivity index (χ1v) is 9.06. The van der Waals surface area contributed by atoms with Crippen LogP contribution in [0.1, 0.15) is 23.5 Å². The van der Waals surface area contributed by atoms with Crippen LogP contribution in [0.3, 0.4) is 0 Å². The summed E-state index contributed by atoms with van der Waals surface area (Å²) in [6.45, 7) is -0.724. The van der Waals surface area contributed by atoms with Crippen molar-refractivity contribution >= 4 is 29.9 Å². The summed E-state index contributed by atoms with van der Waals surface area (Å²) in [4.78, 5) is 6.55. The van der Waals surface area contributed by atoms with Crippen molar-refractivity contribution in [3.63, 3.8) is 0 Å². The van der Waals surface area contributed by atoms with E-state index in [1.54, 1.807) is 25.2 Å². The average Bonchev–Trinajstić information content (AvgIpc) is 3.31. The van der Waals surface area contributed by atoms with E-state index < -0.39 is 6.61 Å². The lowest BCUT2D eigenvalue weighted by atomic mass is 10.0. The van der Waals surface area contributed by atoms with Crippen LogP contribution in [0.4, 0.5) is 8.78 Å². The zero-order chi connectivity index (χ0) is 20.1. The molecule has 1 fully saturated rings. The molecular weight excluding hydrogens is 495 g/mol. The lowest BCUT2D eigenvalue weighted by Gasteiger charge is -2.22. The fourth-order valence-corrected chi connectivity index (χ4v) is 3.41. The molecule has 0 radical (unpaired) electrons. The maximum absolute atomic E-state index is 12.6. The highest BCUT2D eigenvalue weighted by Crippen LogP contribution is 2.30. The second-order valence-electron chi connectivity index (χ2n) is 6.64. The third-order valence-corrected chi connectivity index (χ3v) is 4.79. The molecule has 160 valence electrons. The Morgan fingerprint density at radius 3 is 2.79 bits per heavy atom. The second kappa shape index (κ2) is 10.6. The highest BCUT2D eigenvalue weighted by molar-refractivity contribution is 14.0. The number of aliphatic imine (C=N–C) groups is 1. The standard InChI is InChI=1S/C19H25F2N5O2.HI/c1-22-19(26-7-6-14(12-26)15-10-24-25(2)11-15)23-9-13-4-5-16(27-3)17(8-13)28-18(20)21;/h4-5,8,10-11,14,18H,6-7,9,12H2,1-3H3,(H,22,23);1H. The number of benzene rings is 1. The Bertz CT molecular complexity index is 831. The zero-order valence-corrected chi connectivity index (χ0v) is 19.0. The van der Waals surface area contributed by atoms with Crippen molar-refractivity contribution in [2.75, 3.05) is 27.2 Å². The number of methoxy groups -OCH3 is 1. The van der Waals surface area contributed by atoms with Crippen LogP contribution >= 0.6 is 24.0 Å². The van der Waals surface area contributed by atoms with E-state index in [0.717, 1.165) is 31.0 Å². The van der Waals surface area contributed by atoms with Gasteiger partial charge in [0.25, 0.3) is 0 Å². The Kier molecular flexibility index (Phi) is 8.47. The first-order valence-electron chi connectivity index (χ1n) is 9.06. The summed E-state index contributed by atoms with van der Waals surface area (Å²) in [5.41, 5.74) is 2.02. The zero-order valence-electron chi connectivity index (χ0n) is 16.6. The number of ether oxygens (including phenoxy) is 2. The molecule has 1 saturated heterocycles. The minimum absolute atomic E-state index is 0. The monoisotopic (exact) mass is 521 g/mol. The van der Waals surface area contributed by atoms with E-state index in [4.69, 9.17) is 4.74 Å². The Morgan fingerprint density at radius 1 is 1.38 bits per heavy atom. The van der Waals surface area contributed by atoms with Crippen LogP contribution in [0.5, 0.6) is 11.5 Å². The molecule has 1 unspecified atom stereocenters. The van der Waals surface area contributed by atoms with Gasteiger partial charge in [0.1, 0.15) is 0 Å². The van der Waals surface area contributed by atoms with E-state index >= 15 is 0 Å². The molecule has 2 aromatic rings. The number of alkyl halides is 2. The smallest absolute Gasteiger partial charge is 0.387 e. The maximum Gasteiger partial charge on any atom is 0.387 e. The lowest BCUT2D eigenvalue weighted by Crippen LogP contribution is -2.39. The van der Waals surface area contributed by atoms with Gasteiger partial charge >= 0.3 is 6.61 Å². The number of aryl methyl sites for hydroxylation is 1. The first kappa shape index (κ1) is 23.2. The molecule has 1 N–H and O–H groups in total. The summed E-state index contributed by atoms with van der Waals surface area (Å²) in [5, 5.41) is 7.54. The summed E-state index contributed by atoms with van der Waals surface area (Å²) in [6.07, 6.45) is 4.99. The Hall–Kier alpha value is -2.11. The first-order chi connectivity index (χ1) is 13.5. The summed E-state index contributed by atoms with van der Waals surface area (Å²) in [6, 6.07) is 4.97. The normalized spacial score (nSPS) is 16.7. The van der Waals surface area contributed by atoms with Crippen molar-refractivity contribution in [1.29, 1.82) is 0 Å². The van der Waals surface area contributed by atoms with E-state index in [9.17, 15) is 8.78 Å². The van der Waals surface area contributed by atoms with Crippen molar-refractivity contribution in [3.8, 4) is 11.5 Å². The van der Waals surface area contributed by atoms with Crippen molar-refractivity contribution in [2.45, 2.75) is 25.5 Å². The molecule has 7 nitrogen and oxygen atoms in total. The van der Waals surface area contributed by atoms with Gasteiger partial charge in [0.15, 0.2) is 17.5 Å². The van der Waals surface area contributed by atoms with Gasteiger partial charge in [0.2, 0.25) is 0 Å². The fraction of sp³-hybridized carbons (Fsp3) is 0.474. The summed E-state index contributed by atoms with van der Waals surface area (Å²) in [5.74, 6) is 1.48. The van der Waals surface area contributed by atoms with Crippen LogP contribution in [0.15, 0.2) is 35.6 Å². The molecule has 0 aliphatic carbocycles. The predicted octanol–water partition coefficient (Wildman–Crippen LogP) is 3.21. The van der Waals surface area contributed by atoms with Crippen molar-refractivity contribution in [3.05, 3.63) is 41.7 Å². The quantitative estimate of drug-likeness (QED) is 0.360. The molecule has 10 heteroatoms. The van der Waals surface area contributed by atoms with Gasteiger partial charge in [-0.25, -0.2) is 0 Å². The lowest BCUT2D eigenvalue weighted by molar-refractivity contribution is -0.0512. The number of halogens is 3. The van der Waals surface area contributed by atoms with Crippen LogP contribution in [-0.4, -0.2) is 54.5 Å². The Balaban J connectivity index is 0.00000300. The number of nitrogens with one attached hydrogen (secondary N) is 1. The van der Waals surface area contributed by atoms with Gasteiger partial charge in [-0.1, -0.05) is 6.07 Å². The Morgan fingerprint density at radius 2 is 2.17 bits per heavy atom. The molecule has 3 rings (SSSR count). The fourth-order valence-electron chi connectivity index (χ4n) is 3.41. The number of guanidine groups is 1. The SMILES string of the molecule is CN=C(NCc1ccc(OC)c(OC(F)F)c1)N1CCC(c2cnn(C)c2)C1.I. The molecule has 0 amide bonds. The summed E-state index contributed by atoms with van der Waals surface area (Å²) < 4.78 is 36.6. The average molecular weight is 521 g/mol. The van der Waals surface area contributed by atoms with Crippen LogP contribution in [-0.2, 0) is 13.6 Å². The van der Waals surface area contributed by atoms with Crippen molar-refractivity contribution in [1.82, 2.24) is 20.0 Å². The van der Waals surface area contributed by atoms with E-state index in [2.05, 4.69) is 25.0 Å². The third-order valence-electron chi connectivity index (χ3n) is 4.79. The topological polar surface area (TPSA) is 63.9 Å². The van der Waals surface area contributed by atoms with Gasteiger partial charge in [0.05, 0.1) is 13.3 Å². The molecule has 1 aliphatic heterocycles. The summed E-state index contributed by atoms with van der Waals surface area (Å²) in [7, 11) is 5.07. The molecule has 0 spiro atoms. The highest BCUT2D eigenvalue weighted by Gasteiger charge is 2.26. The van der Waals surface area contributed by atoms with Crippen LogP contribution in [0.2, 0.25) is 0 Å². The van der Waals surface area contributed by atoms with Gasteiger partial charge in [-0.3, -0.25) is 9.67 Å². The largest absolute Gasteiger partial charge is 0.493 e. The number of rotatable bonds is 6. The number of likely N-dealkylation sites (tertiary alicyclic amines) is 1. The van der Waals surface area contributed by atoms with Crippen LogP contribution in [0.25, 0.3) is 0 Å². The van der Waals surface area contributed by atoms with Gasteiger partial charge in [0, 0.05) is 45.8 Å². The van der Waals surface area contributed by atoms with Crippen LogP contribution < -0.4 is 14.8 Å². The number of hydrogen-bond donors (Lipinski definition) is 1. The van der Waals surface area contributed by atoms with Gasteiger partial charge in [-0.15, -0.1) is 24.0 Å². The molecule has 1 aromatic carbocycles. The van der Waals surface area contributed by atoms with Crippen LogP contribution in [0, 0.1) is 0 Å². The predicted molar refractivity (Wildman–Crippen MR) is 117 cm³/mol. The van der Waals surface area contributed by atoms with E-state index in [1.807, 2.05) is 24.1 Å². The molecule has 0 saturated carbocycles. The third kappa shape index (κ3) is 5.94. The minimum atomic E-state index is -2.90. The van der Waals surface area contributed by atoms with Crippen molar-refractivity contribution < 1.29 is 18.3 Å². The highest BCUT2D eigenvalue weighted by atomic mass is 127. The second-order valence-corrected chi connectivity index (χ2v) is 6.64. The van der Waals surface area contributed by atoms with E-state index in [0.29, 0.717) is 12.5 Å². The Labute approximate surface area is 186 Å². The number of nitrogens with zero attached hydrogens (tertiary/aromatic N) is 4. The van der Waals surface area contributed by atoms with Gasteiger partial charge in [-0.2, -0.15) is 13.9 Å².